The fraction of sp³-hybridized carbons (Fsp3) is 0.143. The first-order chi connectivity index (χ1) is 12.5. The first-order valence-corrected chi connectivity index (χ1v) is 8.79. The second-order valence-electron chi connectivity index (χ2n) is 6.26. The molecule has 3 aromatic rings. The van der Waals surface area contributed by atoms with Crippen molar-refractivity contribution in [2.45, 2.75) is 19.8 Å². The van der Waals surface area contributed by atoms with Crippen molar-refractivity contribution in [3.05, 3.63) is 83.0 Å². The molecule has 0 aliphatic carbocycles. The molecule has 0 bridgehead atoms. The minimum Gasteiger partial charge on any atom is -0.340 e. The van der Waals surface area contributed by atoms with Gasteiger partial charge in [-0.15, -0.1) is 0 Å². The number of benzene rings is 2. The smallest absolute Gasteiger partial charge is 0.259 e. The molecular weight excluding hydrogens is 346 g/mol. The zero-order valence-electron chi connectivity index (χ0n) is 14.7. The predicted octanol–water partition coefficient (Wildman–Crippen LogP) is 5.85. The molecule has 132 valence electrons. The lowest BCUT2D eigenvalue weighted by atomic mass is 10.0. The molecule has 1 aromatic heterocycles. The van der Waals surface area contributed by atoms with Gasteiger partial charge in [0.1, 0.15) is 5.82 Å². The Kier molecular flexibility index (Phi) is 5.54. The highest BCUT2D eigenvalue weighted by Gasteiger charge is 2.13. The number of amides is 1. The van der Waals surface area contributed by atoms with Gasteiger partial charge in [-0.1, -0.05) is 37.6 Å². The maximum absolute atomic E-state index is 12.7. The average molecular weight is 366 g/mol. The number of aromatic nitrogens is 1. The number of nitrogens with zero attached hydrogens (tertiary/aromatic N) is 1. The Bertz CT molecular complexity index is 890. The van der Waals surface area contributed by atoms with Crippen LogP contribution in [-0.2, 0) is 0 Å². The van der Waals surface area contributed by atoms with Gasteiger partial charge in [0.25, 0.3) is 5.91 Å². The SMILES string of the molecule is CC(C)c1ccc(NC(=O)c2cccnc2Nc2ccc(Cl)cc2)cc1. The molecule has 4 nitrogen and oxygen atoms in total. The van der Waals surface area contributed by atoms with Crippen molar-refractivity contribution in [2.24, 2.45) is 0 Å². The second-order valence-corrected chi connectivity index (χ2v) is 6.70. The van der Waals surface area contributed by atoms with Crippen LogP contribution in [-0.4, -0.2) is 10.9 Å². The van der Waals surface area contributed by atoms with E-state index < -0.39 is 0 Å². The van der Waals surface area contributed by atoms with E-state index in [2.05, 4.69) is 29.5 Å². The zero-order valence-corrected chi connectivity index (χ0v) is 15.4. The lowest BCUT2D eigenvalue weighted by Gasteiger charge is -2.12. The lowest BCUT2D eigenvalue weighted by molar-refractivity contribution is 0.102. The van der Waals surface area contributed by atoms with Gasteiger partial charge in [0, 0.05) is 22.6 Å². The van der Waals surface area contributed by atoms with Crippen LogP contribution in [0.5, 0.6) is 0 Å². The maximum atomic E-state index is 12.7. The molecule has 0 atom stereocenters. The summed E-state index contributed by atoms with van der Waals surface area (Å²) in [5.41, 5.74) is 3.26. The van der Waals surface area contributed by atoms with Crippen molar-refractivity contribution in [1.82, 2.24) is 4.98 Å². The van der Waals surface area contributed by atoms with E-state index in [1.54, 1.807) is 30.5 Å². The monoisotopic (exact) mass is 365 g/mol. The van der Waals surface area contributed by atoms with Crippen LogP contribution in [0, 0.1) is 0 Å². The van der Waals surface area contributed by atoms with Crippen LogP contribution in [0.2, 0.25) is 5.02 Å². The van der Waals surface area contributed by atoms with Crippen molar-refractivity contribution >= 4 is 34.7 Å². The van der Waals surface area contributed by atoms with Gasteiger partial charge in [-0.2, -0.15) is 0 Å². The highest BCUT2D eigenvalue weighted by molar-refractivity contribution is 6.30. The van der Waals surface area contributed by atoms with Crippen molar-refractivity contribution in [2.75, 3.05) is 10.6 Å². The Balaban J connectivity index is 1.78. The molecule has 0 unspecified atom stereocenters. The van der Waals surface area contributed by atoms with Crippen molar-refractivity contribution in [3.8, 4) is 0 Å². The third-order valence-electron chi connectivity index (χ3n) is 3.99. The molecule has 5 heteroatoms. The summed E-state index contributed by atoms with van der Waals surface area (Å²) in [5, 5.41) is 6.73. The first kappa shape index (κ1) is 18.0. The number of anilines is 3. The van der Waals surface area contributed by atoms with Crippen molar-refractivity contribution in [1.29, 1.82) is 0 Å². The number of hydrogen-bond acceptors (Lipinski definition) is 3. The Morgan fingerprint density at radius 3 is 2.27 bits per heavy atom. The number of carbonyl (C=O) groups is 1. The van der Waals surface area contributed by atoms with E-state index in [0.29, 0.717) is 22.3 Å². The quantitative estimate of drug-likeness (QED) is 0.595. The minimum atomic E-state index is -0.216. The number of rotatable bonds is 5. The molecule has 1 amide bonds. The number of hydrogen-bond donors (Lipinski definition) is 2. The van der Waals surface area contributed by atoms with Gasteiger partial charge in [0.05, 0.1) is 5.56 Å². The summed E-state index contributed by atoms with van der Waals surface area (Å²) in [5.74, 6) is 0.728. The van der Waals surface area contributed by atoms with Crippen molar-refractivity contribution < 1.29 is 4.79 Å². The Morgan fingerprint density at radius 2 is 1.62 bits per heavy atom. The van der Waals surface area contributed by atoms with E-state index in [-0.39, 0.29) is 5.91 Å². The van der Waals surface area contributed by atoms with Gasteiger partial charge in [-0.25, -0.2) is 4.98 Å². The third-order valence-corrected chi connectivity index (χ3v) is 4.25. The van der Waals surface area contributed by atoms with Gasteiger partial charge in [-0.05, 0) is 60.0 Å². The van der Waals surface area contributed by atoms with Gasteiger partial charge >= 0.3 is 0 Å². The summed E-state index contributed by atoms with van der Waals surface area (Å²) < 4.78 is 0. The third kappa shape index (κ3) is 4.41. The van der Waals surface area contributed by atoms with Crippen LogP contribution in [0.15, 0.2) is 66.9 Å². The molecule has 0 saturated carbocycles. The Labute approximate surface area is 158 Å². The summed E-state index contributed by atoms with van der Waals surface area (Å²) in [4.78, 5) is 17.0. The average Bonchev–Trinajstić information content (AvgIpc) is 2.64. The first-order valence-electron chi connectivity index (χ1n) is 8.42. The fourth-order valence-corrected chi connectivity index (χ4v) is 2.63. The van der Waals surface area contributed by atoms with E-state index in [1.807, 2.05) is 36.4 Å². The van der Waals surface area contributed by atoms with Gasteiger partial charge in [0.15, 0.2) is 0 Å². The van der Waals surface area contributed by atoms with Crippen LogP contribution in [0.1, 0.15) is 35.7 Å². The largest absolute Gasteiger partial charge is 0.340 e. The van der Waals surface area contributed by atoms with Gasteiger partial charge < -0.3 is 10.6 Å². The molecule has 26 heavy (non-hydrogen) atoms. The number of halogens is 1. The standard InChI is InChI=1S/C21H20ClN3O/c1-14(2)15-5-9-18(10-6-15)25-21(26)19-4-3-13-23-20(19)24-17-11-7-16(22)8-12-17/h3-14H,1-2H3,(H,23,24)(H,25,26). The van der Waals surface area contributed by atoms with E-state index >= 15 is 0 Å². The van der Waals surface area contributed by atoms with Crippen LogP contribution in [0.25, 0.3) is 0 Å². The highest BCUT2D eigenvalue weighted by atomic mass is 35.5. The number of pyridine rings is 1. The summed E-state index contributed by atoms with van der Waals surface area (Å²) in [7, 11) is 0. The van der Waals surface area contributed by atoms with Crippen LogP contribution in [0.3, 0.4) is 0 Å². The second kappa shape index (κ2) is 8.02. The molecule has 2 aromatic carbocycles. The minimum absolute atomic E-state index is 0.216. The van der Waals surface area contributed by atoms with E-state index in [9.17, 15) is 4.79 Å². The van der Waals surface area contributed by atoms with Crippen LogP contribution in [0.4, 0.5) is 17.2 Å². The van der Waals surface area contributed by atoms with E-state index in [1.165, 1.54) is 5.56 Å². The molecule has 0 spiro atoms. The lowest BCUT2D eigenvalue weighted by Crippen LogP contribution is -2.14. The number of carbonyl (C=O) groups excluding carboxylic acids is 1. The fourth-order valence-electron chi connectivity index (χ4n) is 2.51. The highest BCUT2D eigenvalue weighted by Crippen LogP contribution is 2.22. The topological polar surface area (TPSA) is 54.0 Å². The van der Waals surface area contributed by atoms with Crippen LogP contribution >= 0.6 is 11.6 Å². The summed E-state index contributed by atoms with van der Waals surface area (Å²) in [6.45, 7) is 4.27. The Morgan fingerprint density at radius 1 is 0.962 bits per heavy atom. The molecule has 1 heterocycles. The predicted molar refractivity (Wildman–Crippen MR) is 107 cm³/mol. The molecule has 0 saturated heterocycles. The molecule has 0 aliphatic heterocycles. The molecule has 3 rings (SSSR count). The summed E-state index contributed by atoms with van der Waals surface area (Å²) in [6.07, 6.45) is 1.65. The summed E-state index contributed by atoms with van der Waals surface area (Å²) >= 11 is 5.91. The normalized spacial score (nSPS) is 10.6. The zero-order chi connectivity index (χ0) is 18.5. The Hall–Kier alpha value is -2.85. The molecular formula is C21H20ClN3O. The van der Waals surface area contributed by atoms with E-state index in [0.717, 1.165) is 11.4 Å². The van der Waals surface area contributed by atoms with Crippen LogP contribution < -0.4 is 10.6 Å². The molecule has 0 aliphatic rings. The summed E-state index contributed by atoms with van der Waals surface area (Å²) in [6, 6.07) is 18.6. The van der Waals surface area contributed by atoms with Crippen molar-refractivity contribution in [3.63, 3.8) is 0 Å². The molecule has 2 N–H and O–H groups in total. The van der Waals surface area contributed by atoms with Gasteiger partial charge in [-0.3, -0.25) is 4.79 Å². The number of nitrogens with one attached hydrogen (secondary N) is 2. The van der Waals surface area contributed by atoms with Gasteiger partial charge in [0.2, 0.25) is 0 Å². The maximum Gasteiger partial charge on any atom is 0.259 e. The molecule has 0 radical (unpaired) electrons. The molecule has 0 fully saturated rings. The van der Waals surface area contributed by atoms with E-state index in [4.69, 9.17) is 11.6 Å².